The summed E-state index contributed by atoms with van der Waals surface area (Å²) >= 11 is 0. The molecule has 1 aliphatic heterocycles. The molecule has 9 nitrogen and oxygen atoms in total. The second-order valence-electron chi connectivity index (χ2n) is 12.7. The van der Waals surface area contributed by atoms with Crippen molar-refractivity contribution in [2.75, 3.05) is 6.61 Å². The Labute approximate surface area is 305 Å². The summed E-state index contributed by atoms with van der Waals surface area (Å²) in [5, 5.41) is 11.7. The number of aliphatic hydroxyl groups excluding tert-OH is 1. The van der Waals surface area contributed by atoms with Crippen molar-refractivity contribution in [2.24, 2.45) is 0 Å². The van der Waals surface area contributed by atoms with Crippen molar-refractivity contribution in [3.63, 3.8) is 0 Å². The third kappa shape index (κ3) is 10.4. The van der Waals surface area contributed by atoms with E-state index in [0.29, 0.717) is 0 Å². The molecular weight excluding hydrogens is 681 g/mol. The van der Waals surface area contributed by atoms with Gasteiger partial charge < -0.3 is 28.8 Å². The van der Waals surface area contributed by atoms with Crippen LogP contribution in [0.2, 0.25) is 0 Å². The Morgan fingerprint density at radius 3 is 1.48 bits per heavy atom. The van der Waals surface area contributed by atoms with Crippen molar-refractivity contribution in [3.05, 3.63) is 173 Å². The molecule has 1 N–H and O–H groups in total. The Morgan fingerprint density at radius 2 is 1.00 bits per heavy atom. The molecule has 0 amide bonds. The van der Waals surface area contributed by atoms with Crippen LogP contribution in [0, 0.1) is 6.92 Å². The van der Waals surface area contributed by atoms with Gasteiger partial charge in [-0.1, -0.05) is 139 Å². The van der Waals surface area contributed by atoms with Gasteiger partial charge in [0.1, 0.15) is 30.5 Å². The molecule has 6 rings (SSSR count). The van der Waals surface area contributed by atoms with Crippen LogP contribution in [0.1, 0.15) is 27.8 Å². The lowest BCUT2D eigenvalue weighted by molar-refractivity contribution is -0.323. The Balaban J connectivity index is 1.35. The Hall–Kier alpha value is -4.23. The average molecular weight is 725 g/mol. The molecule has 0 aliphatic carbocycles. The van der Waals surface area contributed by atoms with Gasteiger partial charge in [-0.2, -0.15) is 8.42 Å². The van der Waals surface area contributed by atoms with E-state index >= 15 is 0 Å². The zero-order valence-electron chi connectivity index (χ0n) is 29.0. The van der Waals surface area contributed by atoms with E-state index in [9.17, 15) is 13.5 Å². The molecule has 1 fully saturated rings. The number of hydrogen-bond donors (Lipinski definition) is 1. The summed E-state index contributed by atoms with van der Waals surface area (Å²) in [7, 11) is -4.33. The van der Waals surface area contributed by atoms with Crippen molar-refractivity contribution < 1.29 is 41.4 Å². The second-order valence-corrected chi connectivity index (χ2v) is 14.2. The summed E-state index contributed by atoms with van der Waals surface area (Å²) in [6.45, 7) is 2.32. The zero-order chi connectivity index (χ0) is 36.2. The fourth-order valence-corrected chi connectivity index (χ4v) is 7.05. The third-order valence-corrected chi connectivity index (χ3v) is 10.1. The summed E-state index contributed by atoms with van der Waals surface area (Å²) in [5.74, 6) is 0. The Bertz CT molecular complexity index is 1880. The number of ether oxygens (including phenoxy) is 5. The van der Waals surface area contributed by atoms with Gasteiger partial charge in [0.25, 0.3) is 10.1 Å². The minimum absolute atomic E-state index is 0.0229. The van der Waals surface area contributed by atoms with Gasteiger partial charge in [0, 0.05) is 0 Å². The van der Waals surface area contributed by atoms with E-state index < -0.39 is 46.9 Å². The quantitative estimate of drug-likeness (QED) is 0.104. The lowest BCUT2D eigenvalue weighted by atomic mass is 9.94. The van der Waals surface area contributed by atoms with Crippen molar-refractivity contribution in [1.82, 2.24) is 0 Å². The van der Waals surface area contributed by atoms with Gasteiger partial charge in [0.15, 0.2) is 6.29 Å². The first-order chi connectivity index (χ1) is 25.4. The normalized spacial score (nSPS) is 21.1. The second kappa shape index (κ2) is 18.5. The molecule has 6 atom stereocenters. The van der Waals surface area contributed by atoms with Gasteiger partial charge in [-0.3, -0.25) is 4.18 Å². The fraction of sp³-hybridized carbons (Fsp3) is 0.286. The SMILES string of the molecule is Cc1ccc(S(=O)(=O)O[C@H](COCc2ccccc2)[C@H]2O[C@H](O)[C@@H](OCc3ccccc3)[C@@H](OCc3ccccc3)[C@@H]2OCc2ccccc2)cc1. The van der Waals surface area contributed by atoms with Crippen LogP contribution in [-0.4, -0.2) is 56.9 Å². The monoisotopic (exact) mass is 724 g/mol. The highest BCUT2D eigenvalue weighted by atomic mass is 32.2. The predicted molar refractivity (Wildman–Crippen MR) is 195 cm³/mol. The summed E-state index contributed by atoms with van der Waals surface area (Å²) in [6, 6.07) is 44.7. The van der Waals surface area contributed by atoms with Crippen LogP contribution in [-0.2, 0) is 64.4 Å². The van der Waals surface area contributed by atoms with Crippen LogP contribution in [0.4, 0.5) is 0 Å². The van der Waals surface area contributed by atoms with E-state index in [0.717, 1.165) is 27.8 Å². The van der Waals surface area contributed by atoms with Gasteiger partial charge in [-0.05, 0) is 41.3 Å². The molecule has 5 aromatic rings. The van der Waals surface area contributed by atoms with E-state index in [2.05, 4.69) is 0 Å². The lowest BCUT2D eigenvalue weighted by Gasteiger charge is -2.46. The highest BCUT2D eigenvalue weighted by Gasteiger charge is 2.51. The van der Waals surface area contributed by atoms with Crippen molar-refractivity contribution in [3.8, 4) is 0 Å². The molecule has 0 aromatic heterocycles. The molecule has 0 radical (unpaired) electrons. The van der Waals surface area contributed by atoms with Gasteiger partial charge >= 0.3 is 0 Å². The van der Waals surface area contributed by atoms with E-state index in [1.54, 1.807) is 12.1 Å². The van der Waals surface area contributed by atoms with Crippen LogP contribution in [0.3, 0.4) is 0 Å². The number of aliphatic hydroxyl groups is 1. The van der Waals surface area contributed by atoms with Crippen LogP contribution < -0.4 is 0 Å². The van der Waals surface area contributed by atoms with E-state index in [1.807, 2.05) is 128 Å². The maximum atomic E-state index is 13.8. The fourth-order valence-electron chi connectivity index (χ4n) is 5.98. The van der Waals surface area contributed by atoms with Crippen LogP contribution in [0.5, 0.6) is 0 Å². The topological polar surface area (TPSA) is 110 Å². The minimum atomic E-state index is -4.33. The van der Waals surface area contributed by atoms with E-state index in [4.69, 9.17) is 27.9 Å². The van der Waals surface area contributed by atoms with Gasteiger partial charge in [-0.25, -0.2) is 0 Å². The van der Waals surface area contributed by atoms with E-state index in [1.165, 1.54) is 12.1 Å². The predicted octanol–water partition coefficient (Wildman–Crippen LogP) is 6.76. The molecule has 5 aromatic carbocycles. The molecule has 1 heterocycles. The Kier molecular flexibility index (Phi) is 13.4. The number of aryl methyl sites for hydroxylation is 1. The van der Waals surface area contributed by atoms with Crippen LogP contribution in [0.25, 0.3) is 0 Å². The number of rotatable bonds is 17. The Morgan fingerprint density at radius 1 is 0.577 bits per heavy atom. The lowest BCUT2D eigenvalue weighted by Crippen LogP contribution is -2.63. The van der Waals surface area contributed by atoms with Gasteiger partial charge in [0.05, 0.1) is 37.9 Å². The molecular formula is C42H44O9S. The first kappa shape index (κ1) is 37.5. The molecule has 0 spiro atoms. The molecule has 0 saturated carbocycles. The summed E-state index contributed by atoms with van der Waals surface area (Å²) in [4.78, 5) is -0.0229. The average Bonchev–Trinajstić information content (AvgIpc) is 3.17. The third-order valence-electron chi connectivity index (χ3n) is 8.72. The van der Waals surface area contributed by atoms with Crippen molar-refractivity contribution in [2.45, 2.75) is 75.1 Å². The molecule has 10 heteroatoms. The van der Waals surface area contributed by atoms with Crippen molar-refractivity contribution in [1.29, 1.82) is 0 Å². The molecule has 1 aliphatic rings. The van der Waals surface area contributed by atoms with Crippen molar-refractivity contribution >= 4 is 10.1 Å². The highest BCUT2D eigenvalue weighted by molar-refractivity contribution is 7.86. The summed E-state index contributed by atoms with van der Waals surface area (Å²) in [6.07, 6.45) is -6.89. The molecule has 0 bridgehead atoms. The van der Waals surface area contributed by atoms with Crippen LogP contribution >= 0.6 is 0 Å². The molecule has 52 heavy (non-hydrogen) atoms. The molecule has 0 unspecified atom stereocenters. The maximum absolute atomic E-state index is 13.8. The first-order valence-corrected chi connectivity index (χ1v) is 18.7. The maximum Gasteiger partial charge on any atom is 0.297 e. The van der Waals surface area contributed by atoms with Gasteiger partial charge in [0.2, 0.25) is 0 Å². The number of benzene rings is 5. The molecule has 1 saturated heterocycles. The van der Waals surface area contributed by atoms with Gasteiger partial charge in [-0.15, -0.1) is 0 Å². The van der Waals surface area contributed by atoms with Crippen LogP contribution in [0.15, 0.2) is 150 Å². The summed E-state index contributed by atoms with van der Waals surface area (Å²) < 4.78 is 65.6. The minimum Gasteiger partial charge on any atom is -0.374 e. The molecule has 272 valence electrons. The smallest absolute Gasteiger partial charge is 0.297 e. The first-order valence-electron chi connectivity index (χ1n) is 17.3. The largest absolute Gasteiger partial charge is 0.374 e. The van der Waals surface area contributed by atoms with E-state index in [-0.39, 0.29) is 37.9 Å². The summed E-state index contributed by atoms with van der Waals surface area (Å²) in [5.41, 5.74) is 4.45. The highest BCUT2D eigenvalue weighted by Crippen LogP contribution is 2.33. The standard InChI is InChI=1S/C42H44O9S/c1-31-22-24-36(25-23-31)52(44,45)51-37(30-46-26-32-14-6-2-7-15-32)38-39(47-27-33-16-8-3-9-17-33)40(48-28-34-18-10-4-11-19-34)41(42(43)50-38)49-29-35-20-12-5-13-21-35/h2-25,37-43H,26-30H2,1H3/t37-,38-,39-,40+,41+,42+/m1/s1. The zero-order valence-corrected chi connectivity index (χ0v) is 29.8. The number of hydrogen-bond acceptors (Lipinski definition) is 9.